The van der Waals surface area contributed by atoms with Gasteiger partial charge >= 0.3 is 0 Å². The van der Waals surface area contributed by atoms with Gasteiger partial charge in [-0.15, -0.1) is 0 Å². The minimum absolute atomic E-state index is 0.0429. The van der Waals surface area contributed by atoms with E-state index in [4.69, 9.17) is 0 Å². The SMILES string of the molecule is CCNc1cncc(N2CCC(NC(C)=O)C2)c1. The number of carbonyl (C=O) groups is 1. The number of amides is 1. The molecule has 0 aromatic carbocycles. The molecule has 1 unspecified atom stereocenters. The van der Waals surface area contributed by atoms with Crippen LogP contribution in [0.5, 0.6) is 0 Å². The highest BCUT2D eigenvalue weighted by molar-refractivity contribution is 5.73. The second-order valence-electron chi connectivity index (χ2n) is 4.59. The molecule has 1 aliphatic heterocycles. The van der Waals surface area contributed by atoms with Crippen molar-refractivity contribution < 1.29 is 4.79 Å². The van der Waals surface area contributed by atoms with Gasteiger partial charge in [0, 0.05) is 32.6 Å². The smallest absolute Gasteiger partial charge is 0.217 e. The maximum Gasteiger partial charge on any atom is 0.217 e. The van der Waals surface area contributed by atoms with Gasteiger partial charge in [-0.3, -0.25) is 9.78 Å². The quantitative estimate of drug-likeness (QED) is 0.841. The van der Waals surface area contributed by atoms with Crippen LogP contribution in [0.3, 0.4) is 0 Å². The van der Waals surface area contributed by atoms with E-state index in [-0.39, 0.29) is 11.9 Å². The summed E-state index contributed by atoms with van der Waals surface area (Å²) in [7, 11) is 0. The summed E-state index contributed by atoms with van der Waals surface area (Å²) in [6.45, 7) is 6.34. The molecule has 2 heterocycles. The van der Waals surface area contributed by atoms with Gasteiger partial charge in [0.15, 0.2) is 0 Å². The average Bonchev–Trinajstić information content (AvgIpc) is 2.77. The van der Waals surface area contributed by atoms with E-state index >= 15 is 0 Å². The lowest BCUT2D eigenvalue weighted by molar-refractivity contribution is -0.119. The topological polar surface area (TPSA) is 57.3 Å². The zero-order valence-electron chi connectivity index (χ0n) is 10.9. The Bertz CT molecular complexity index is 421. The van der Waals surface area contributed by atoms with E-state index in [2.05, 4.69) is 33.5 Å². The van der Waals surface area contributed by atoms with Gasteiger partial charge in [0.25, 0.3) is 0 Å². The number of pyridine rings is 1. The predicted octanol–water partition coefficient (Wildman–Crippen LogP) is 1.23. The molecule has 2 rings (SSSR count). The van der Waals surface area contributed by atoms with Crippen LogP contribution < -0.4 is 15.5 Å². The summed E-state index contributed by atoms with van der Waals surface area (Å²) in [5, 5.41) is 6.22. The first-order valence-electron chi connectivity index (χ1n) is 6.40. The number of rotatable bonds is 4. The monoisotopic (exact) mass is 248 g/mol. The van der Waals surface area contributed by atoms with Crippen LogP contribution in [0.1, 0.15) is 20.3 Å². The average molecular weight is 248 g/mol. The van der Waals surface area contributed by atoms with Gasteiger partial charge in [0.1, 0.15) is 0 Å². The van der Waals surface area contributed by atoms with Crippen LogP contribution in [-0.4, -0.2) is 36.6 Å². The van der Waals surface area contributed by atoms with E-state index in [9.17, 15) is 4.79 Å². The molecule has 0 aliphatic carbocycles. The Morgan fingerprint density at radius 3 is 3.11 bits per heavy atom. The number of carbonyl (C=O) groups excluding carboxylic acids is 1. The van der Waals surface area contributed by atoms with Crippen molar-refractivity contribution in [1.29, 1.82) is 0 Å². The number of aromatic nitrogens is 1. The molecule has 2 N–H and O–H groups in total. The Morgan fingerprint density at radius 2 is 2.39 bits per heavy atom. The van der Waals surface area contributed by atoms with E-state index in [1.54, 1.807) is 6.92 Å². The van der Waals surface area contributed by atoms with E-state index < -0.39 is 0 Å². The van der Waals surface area contributed by atoms with Crippen LogP contribution in [-0.2, 0) is 4.79 Å². The van der Waals surface area contributed by atoms with Gasteiger partial charge in [-0.1, -0.05) is 0 Å². The molecule has 1 aliphatic rings. The van der Waals surface area contributed by atoms with Crippen molar-refractivity contribution in [3.8, 4) is 0 Å². The first kappa shape index (κ1) is 12.7. The Hall–Kier alpha value is -1.78. The number of nitrogens with zero attached hydrogens (tertiary/aromatic N) is 2. The van der Waals surface area contributed by atoms with Gasteiger partial charge in [-0.2, -0.15) is 0 Å². The summed E-state index contributed by atoms with van der Waals surface area (Å²) in [6, 6.07) is 2.36. The third-order valence-electron chi connectivity index (χ3n) is 3.07. The Morgan fingerprint density at radius 1 is 1.56 bits per heavy atom. The van der Waals surface area contributed by atoms with Gasteiger partial charge in [-0.25, -0.2) is 0 Å². The zero-order chi connectivity index (χ0) is 13.0. The predicted molar refractivity (Wildman–Crippen MR) is 72.8 cm³/mol. The van der Waals surface area contributed by atoms with Crippen molar-refractivity contribution in [3.63, 3.8) is 0 Å². The minimum atomic E-state index is 0.0429. The summed E-state index contributed by atoms with van der Waals surface area (Å²) in [5.41, 5.74) is 2.15. The molecule has 0 bridgehead atoms. The molecule has 1 aromatic heterocycles. The second kappa shape index (κ2) is 5.71. The van der Waals surface area contributed by atoms with Crippen molar-refractivity contribution >= 4 is 17.3 Å². The summed E-state index contributed by atoms with van der Waals surface area (Å²) in [6.07, 6.45) is 4.69. The van der Waals surface area contributed by atoms with Crippen LogP contribution in [0.2, 0.25) is 0 Å². The first-order chi connectivity index (χ1) is 8.69. The van der Waals surface area contributed by atoms with Gasteiger partial charge < -0.3 is 15.5 Å². The highest BCUT2D eigenvalue weighted by Gasteiger charge is 2.23. The number of nitrogens with one attached hydrogen (secondary N) is 2. The van der Waals surface area contributed by atoms with Gasteiger partial charge in [0.05, 0.1) is 23.8 Å². The number of anilines is 2. The Kier molecular flexibility index (Phi) is 4.02. The van der Waals surface area contributed by atoms with Crippen LogP contribution in [0.4, 0.5) is 11.4 Å². The Balaban J connectivity index is 2.00. The third-order valence-corrected chi connectivity index (χ3v) is 3.07. The van der Waals surface area contributed by atoms with Crippen molar-refractivity contribution in [2.45, 2.75) is 26.3 Å². The highest BCUT2D eigenvalue weighted by atomic mass is 16.1. The van der Waals surface area contributed by atoms with E-state index in [1.807, 2.05) is 12.4 Å². The van der Waals surface area contributed by atoms with Gasteiger partial charge in [-0.05, 0) is 19.4 Å². The molecule has 0 radical (unpaired) electrons. The van der Waals surface area contributed by atoms with Crippen molar-refractivity contribution in [1.82, 2.24) is 10.3 Å². The van der Waals surface area contributed by atoms with E-state index in [1.165, 1.54) is 0 Å². The normalized spacial score (nSPS) is 18.8. The molecule has 1 aromatic rings. The molecule has 5 heteroatoms. The fraction of sp³-hybridized carbons (Fsp3) is 0.538. The Labute approximate surface area is 108 Å². The molecule has 1 saturated heterocycles. The maximum atomic E-state index is 11.0. The first-order valence-corrected chi connectivity index (χ1v) is 6.40. The van der Waals surface area contributed by atoms with Crippen molar-refractivity contribution in [3.05, 3.63) is 18.5 Å². The van der Waals surface area contributed by atoms with Crippen molar-refractivity contribution in [2.75, 3.05) is 29.9 Å². The molecule has 1 amide bonds. The molecular formula is C13H20N4O. The fourth-order valence-electron chi connectivity index (χ4n) is 2.30. The standard InChI is InChI=1S/C13H20N4O/c1-3-15-12-6-13(8-14-7-12)17-5-4-11(9-17)16-10(2)18/h6-8,11,15H,3-5,9H2,1-2H3,(H,16,18). The molecule has 0 spiro atoms. The van der Waals surface area contributed by atoms with E-state index in [0.29, 0.717) is 0 Å². The summed E-state index contributed by atoms with van der Waals surface area (Å²) < 4.78 is 0. The fourth-order valence-corrected chi connectivity index (χ4v) is 2.30. The lowest BCUT2D eigenvalue weighted by Crippen LogP contribution is -2.35. The van der Waals surface area contributed by atoms with E-state index in [0.717, 1.165) is 37.4 Å². The zero-order valence-corrected chi connectivity index (χ0v) is 10.9. The molecule has 18 heavy (non-hydrogen) atoms. The molecule has 1 atom stereocenters. The van der Waals surface area contributed by atoms with Crippen LogP contribution in [0.15, 0.2) is 18.5 Å². The molecule has 1 fully saturated rings. The molecule has 5 nitrogen and oxygen atoms in total. The number of hydrogen-bond donors (Lipinski definition) is 2. The number of hydrogen-bond acceptors (Lipinski definition) is 4. The molecule has 98 valence electrons. The molecule has 0 saturated carbocycles. The van der Waals surface area contributed by atoms with Gasteiger partial charge in [0.2, 0.25) is 5.91 Å². The summed E-state index contributed by atoms with van der Waals surface area (Å²) in [4.78, 5) is 17.5. The van der Waals surface area contributed by atoms with Crippen LogP contribution in [0.25, 0.3) is 0 Å². The molecular weight excluding hydrogens is 228 g/mol. The maximum absolute atomic E-state index is 11.0. The third kappa shape index (κ3) is 3.12. The highest BCUT2D eigenvalue weighted by Crippen LogP contribution is 2.22. The minimum Gasteiger partial charge on any atom is -0.384 e. The largest absolute Gasteiger partial charge is 0.384 e. The van der Waals surface area contributed by atoms with Crippen LogP contribution in [0, 0.1) is 0 Å². The van der Waals surface area contributed by atoms with Crippen molar-refractivity contribution in [2.24, 2.45) is 0 Å². The lowest BCUT2D eigenvalue weighted by Gasteiger charge is -2.19. The second-order valence-corrected chi connectivity index (χ2v) is 4.59. The lowest BCUT2D eigenvalue weighted by atomic mass is 10.2. The van der Waals surface area contributed by atoms with Crippen LogP contribution >= 0.6 is 0 Å². The summed E-state index contributed by atoms with van der Waals surface area (Å²) in [5.74, 6) is 0.0429. The summed E-state index contributed by atoms with van der Waals surface area (Å²) >= 11 is 0.